The smallest absolute Gasteiger partial charge is 0.205 e. The van der Waals surface area contributed by atoms with Crippen LogP contribution in [0.3, 0.4) is 0 Å². The van der Waals surface area contributed by atoms with Gasteiger partial charge in [-0.15, -0.1) is 0 Å². The normalized spacial score (nSPS) is 24.7. The molecule has 1 aromatic carbocycles. The Morgan fingerprint density at radius 2 is 2.00 bits per heavy atom. The van der Waals surface area contributed by atoms with Crippen LogP contribution in [-0.4, -0.2) is 5.79 Å². The highest BCUT2D eigenvalue weighted by Crippen LogP contribution is 2.37. The molecule has 0 saturated heterocycles. The number of rotatable bonds is 0. The standard InChI is InChI=1S/C11H13O2/c1-8-9-6-4-5-7-10(9)13-11(2,3)12-8/h4-8H,1H2,2-3H3/t8-/m0/s1. The molecule has 0 fully saturated rings. The van der Waals surface area contributed by atoms with Gasteiger partial charge in [0.1, 0.15) is 5.75 Å². The summed E-state index contributed by atoms with van der Waals surface area (Å²) in [5.41, 5.74) is 1.02. The monoisotopic (exact) mass is 177 g/mol. The first-order valence-corrected chi connectivity index (χ1v) is 4.37. The summed E-state index contributed by atoms with van der Waals surface area (Å²) in [4.78, 5) is 0. The van der Waals surface area contributed by atoms with Gasteiger partial charge in [0.2, 0.25) is 5.79 Å². The Morgan fingerprint density at radius 3 is 2.77 bits per heavy atom. The van der Waals surface area contributed by atoms with Gasteiger partial charge < -0.3 is 9.47 Å². The van der Waals surface area contributed by atoms with E-state index in [2.05, 4.69) is 6.92 Å². The summed E-state index contributed by atoms with van der Waals surface area (Å²) in [7, 11) is 0. The summed E-state index contributed by atoms with van der Waals surface area (Å²) >= 11 is 0. The average Bonchev–Trinajstić information content (AvgIpc) is 2.02. The fraction of sp³-hybridized carbons (Fsp3) is 0.364. The van der Waals surface area contributed by atoms with Crippen molar-refractivity contribution in [2.24, 2.45) is 0 Å². The van der Waals surface area contributed by atoms with Crippen molar-refractivity contribution in [2.45, 2.75) is 25.7 Å². The first-order chi connectivity index (χ1) is 6.08. The molecule has 2 heteroatoms. The molecule has 0 amide bonds. The molecule has 0 saturated carbocycles. The predicted molar refractivity (Wildman–Crippen MR) is 50.3 cm³/mol. The van der Waals surface area contributed by atoms with E-state index in [9.17, 15) is 0 Å². The van der Waals surface area contributed by atoms with Crippen LogP contribution >= 0.6 is 0 Å². The molecule has 13 heavy (non-hydrogen) atoms. The molecule has 0 aromatic heterocycles. The topological polar surface area (TPSA) is 18.5 Å². The van der Waals surface area contributed by atoms with Crippen molar-refractivity contribution in [2.75, 3.05) is 0 Å². The highest BCUT2D eigenvalue weighted by atomic mass is 16.7. The van der Waals surface area contributed by atoms with Crippen molar-refractivity contribution in [1.29, 1.82) is 0 Å². The van der Waals surface area contributed by atoms with Gasteiger partial charge in [0, 0.05) is 19.4 Å². The van der Waals surface area contributed by atoms with Crippen molar-refractivity contribution in [1.82, 2.24) is 0 Å². The lowest BCUT2D eigenvalue weighted by Crippen LogP contribution is -2.36. The lowest BCUT2D eigenvalue weighted by atomic mass is 10.1. The minimum absolute atomic E-state index is 0.139. The van der Waals surface area contributed by atoms with Crippen LogP contribution in [0.4, 0.5) is 0 Å². The first kappa shape index (κ1) is 8.57. The van der Waals surface area contributed by atoms with Crippen LogP contribution in [0, 0.1) is 6.92 Å². The molecule has 2 nitrogen and oxygen atoms in total. The van der Waals surface area contributed by atoms with Gasteiger partial charge in [-0.3, -0.25) is 0 Å². The van der Waals surface area contributed by atoms with E-state index in [4.69, 9.17) is 9.47 Å². The van der Waals surface area contributed by atoms with Gasteiger partial charge in [-0.25, -0.2) is 0 Å². The quantitative estimate of drug-likeness (QED) is 0.606. The molecule has 0 N–H and O–H groups in total. The number of hydrogen-bond acceptors (Lipinski definition) is 2. The summed E-state index contributed by atoms with van der Waals surface area (Å²) < 4.78 is 11.2. The zero-order valence-corrected chi connectivity index (χ0v) is 7.91. The summed E-state index contributed by atoms with van der Waals surface area (Å²) in [5.74, 6) is 0.305. The Labute approximate surface area is 78.5 Å². The molecule has 0 unspecified atom stereocenters. The Hall–Kier alpha value is -1.02. The SMILES string of the molecule is [CH2][C@@H]1OC(C)(C)Oc2ccccc21. The Kier molecular flexibility index (Phi) is 1.81. The Bertz CT molecular complexity index is 318. The van der Waals surface area contributed by atoms with E-state index in [-0.39, 0.29) is 6.10 Å². The number of para-hydroxylation sites is 1. The molecular weight excluding hydrogens is 164 g/mol. The summed E-state index contributed by atoms with van der Waals surface area (Å²) in [6.45, 7) is 7.71. The molecule has 0 aliphatic carbocycles. The van der Waals surface area contributed by atoms with E-state index in [1.54, 1.807) is 0 Å². The number of fused-ring (bicyclic) bond motifs is 1. The second kappa shape index (κ2) is 2.74. The highest BCUT2D eigenvalue weighted by Gasteiger charge is 2.31. The maximum atomic E-state index is 5.63. The van der Waals surface area contributed by atoms with Gasteiger partial charge in [-0.2, -0.15) is 0 Å². The zero-order chi connectivity index (χ0) is 9.47. The third kappa shape index (κ3) is 1.54. The Morgan fingerprint density at radius 1 is 1.31 bits per heavy atom. The molecule has 69 valence electrons. The summed E-state index contributed by atoms with van der Waals surface area (Å²) in [6, 6.07) is 7.83. The molecule has 1 heterocycles. The largest absolute Gasteiger partial charge is 0.463 e. The van der Waals surface area contributed by atoms with Crippen LogP contribution in [0.5, 0.6) is 5.75 Å². The second-order valence-electron chi connectivity index (χ2n) is 3.65. The van der Waals surface area contributed by atoms with E-state index in [0.29, 0.717) is 0 Å². The summed E-state index contributed by atoms with van der Waals surface area (Å²) in [5, 5.41) is 0. The molecule has 1 radical (unpaired) electrons. The van der Waals surface area contributed by atoms with Crippen LogP contribution in [-0.2, 0) is 4.74 Å². The minimum atomic E-state index is -0.569. The van der Waals surface area contributed by atoms with E-state index in [1.807, 2.05) is 38.1 Å². The van der Waals surface area contributed by atoms with Crippen molar-refractivity contribution >= 4 is 0 Å². The van der Waals surface area contributed by atoms with Gasteiger partial charge in [0.05, 0.1) is 6.10 Å². The van der Waals surface area contributed by atoms with E-state index < -0.39 is 5.79 Å². The molecule has 1 aliphatic heterocycles. The van der Waals surface area contributed by atoms with Crippen LogP contribution in [0.2, 0.25) is 0 Å². The molecule has 1 aromatic rings. The molecule has 0 bridgehead atoms. The van der Waals surface area contributed by atoms with Gasteiger partial charge >= 0.3 is 0 Å². The maximum absolute atomic E-state index is 5.63. The van der Waals surface area contributed by atoms with Crippen molar-refractivity contribution < 1.29 is 9.47 Å². The van der Waals surface area contributed by atoms with Gasteiger partial charge in [-0.1, -0.05) is 18.2 Å². The molecular formula is C11H13O2. The molecule has 1 aliphatic rings. The van der Waals surface area contributed by atoms with Gasteiger partial charge in [0.25, 0.3) is 0 Å². The highest BCUT2D eigenvalue weighted by molar-refractivity contribution is 5.37. The molecule has 2 rings (SSSR count). The zero-order valence-electron chi connectivity index (χ0n) is 7.91. The summed E-state index contributed by atoms with van der Waals surface area (Å²) in [6.07, 6.45) is -0.139. The predicted octanol–water partition coefficient (Wildman–Crippen LogP) is 2.71. The Balaban J connectivity index is 2.43. The van der Waals surface area contributed by atoms with E-state index in [0.717, 1.165) is 11.3 Å². The lowest BCUT2D eigenvalue weighted by Gasteiger charge is -2.36. The van der Waals surface area contributed by atoms with Crippen LogP contribution in [0.15, 0.2) is 24.3 Å². The minimum Gasteiger partial charge on any atom is -0.463 e. The fourth-order valence-electron chi connectivity index (χ4n) is 1.53. The van der Waals surface area contributed by atoms with Crippen molar-refractivity contribution in [3.05, 3.63) is 36.8 Å². The number of hydrogen-bond donors (Lipinski definition) is 0. The second-order valence-corrected chi connectivity index (χ2v) is 3.65. The van der Waals surface area contributed by atoms with Crippen LogP contribution in [0.25, 0.3) is 0 Å². The third-order valence-electron chi connectivity index (χ3n) is 2.05. The average molecular weight is 177 g/mol. The third-order valence-corrected chi connectivity index (χ3v) is 2.05. The molecule has 1 atom stereocenters. The molecule has 0 spiro atoms. The van der Waals surface area contributed by atoms with Crippen LogP contribution < -0.4 is 4.74 Å². The van der Waals surface area contributed by atoms with E-state index >= 15 is 0 Å². The lowest BCUT2D eigenvalue weighted by molar-refractivity contribution is -0.195. The maximum Gasteiger partial charge on any atom is 0.205 e. The number of ether oxygens (including phenoxy) is 2. The van der Waals surface area contributed by atoms with Crippen molar-refractivity contribution in [3.63, 3.8) is 0 Å². The fourth-order valence-corrected chi connectivity index (χ4v) is 1.53. The number of benzene rings is 1. The van der Waals surface area contributed by atoms with Gasteiger partial charge in [-0.05, 0) is 13.0 Å². The van der Waals surface area contributed by atoms with Gasteiger partial charge in [0.15, 0.2) is 0 Å². The van der Waals surface area contributed by atoms with Crippen molar-refractivity contribution in [3.8, 4) is 5.75 Å². The van der Waals surface area contributed by atoms with E-state index in [1.165, 1.54) is 0 Å². The van der Waals surface area contributed by atoms with Crippen LogP contribution in [0.1, 0.15) is 25.5 Å². The first-order valence-electron chi connectivity index (χ1n) is 4.37.